The normalized spacial score (nSPS) is 22.3. The maximum atomic E-state index is 12.4. The Balaban J connectivity index is 2.04. The van der Waals surface area contributed by atoms with Crippen LogP contribution < -0.4 is 10.6 Å². The summed E-state index contributed by atoms with van der Waals surface area (Å²) in [6.07, 6.45) is 3.98. The molecular weight excluding hydrogens is 284 g/mol. The number of urea groups is 1. The van der Waals surface area contributed by atoms with Gasteiger partial charge in [-0.1, -0.05) is 13.8 Å². The summed E-state index contributed by atoms with van der Waals surface area (Å²) in [6, 6.07) is 1.62. The van der Waals surface area contributed by atoms with E-state index in [2.05, 4.69) is 16.7 Å². The average Bonchev–Trinajstić information content (AvgIpc) is 3.06. The van der Waals surface area contributed by atoms with E-state index in [0.717, 1.165) is 17.7 Å². The number of nitriles is 1. The summed E-state index contributed by atoms with van der Waals surface area (Å²) in [6.45, 7) is 3.32. The number of imide groups is 1. The molecule has 2 rings (SSSR count). The van der Waals surface area contributed by atoms with Crippen LogP contribution in [-0.2, 0) is 9.59 Å². The van der Waals surface area contributed by atoms with Gasteiger partial charge in [-0.15, -0.1) is 0 Å². The summed E-state index contributed by atoms with van der Waals surface area (Å²) < 4.78 is 0. The lowest BCUT2D eigenvalue weighted by Gasteiger charge is -2.24. The Bertz CT molecular complexity index is 527. The minimum Gasteiger partial charge on any atom is -0.336 e. The summed E-state index contributed by atoms with van der Waals surface area (Å²) in [7, 11) is 0. The molecule has 2 fully saturated rings. The van der Waals surface area contributed by atoms with E-state index in [1.165, 1.54) is 0 Å². The molecule has 120 valence electrons. The predicted molar refractivity (Wildman–Crippen MR) is 78.5 cm³/mol. The second-order valence-corrected chi connectivity index (χ2v) is 6.06. The van der Waals surface area contributed by atoms with Gasteiger partial charge in [0.05, 0.1) is 6.07 Å². The summed E-state index contributed by atoms with van der Waals surface area (Å²) in [5, 5.41) is 14.6. The molecule has 0 spiro atoms. The highest BCUT2D eigenvalue weighted by atomic mass is 16.2. The Hall–Kier alpha value is -2.10. The Morgan fingerprint density at radius 1 is 1.32 bits per heavy atom. The summed E-state index contributed by atoms with van der Waals surface area (Å²) in [4.78, 5) is 37.5. The predicted octanol–water partition coefficient (Wildman–Crippen LogP) is 1.05. The first-order chi connectivity index (χ1) is 10.4. The second-order valence-electron chi connectivity index (χ2n) is 6.06. The standard InChI is InChI=1S/C15H22N4O3/c1-3-15(4-2)12(21)19(13(22)18-15)9-11(20)17-14(10-16)7-5-6-8-14/h3-9H2,1-2H3,(H,17,20)(H,18,22). The largest absolute Gasteiger partial charge is 0.336 e. The number of nitrogens with one attached hydrogen (secondary N) is 2. The molecule has 2 N–H and O–H groups in total. The number of rotatable bonds is 5. The van der Waals surface area contributed by atoms with Crippen LogP contribution in [0.2, 0.25) is 0 Å². The third-order valence-corrected chi connectivity index (χ3v) is 4.80. The highest BCUT2D eigenvalue weighted by Gasteiger charge is 2.49. The number of carbonyl (C=O) groups excluding carboxylic acids is 3. The minimum absolute atomic E-state index is 0.337. The van der Waals surface area contributed by atoms with Crippen molar-refractivity contribution in [2.75, 3.05) is 6.54 Å². The molecule has 2 aliphatic rings. The Labute approximate surface area is 130 Å². The minimum atomic E-state index is -0.905. The molecule has 7 heteroatoms. The Morgan fingerprint density at radius 3 is 2.36 bits per heavy atom. The van der Waals surface area contributed by atoms with Gasteiger partial charge in [0.2, 0.25) is 5.91 Å². The molecule has 1 aliphatic carbocycles. The third-order valence-electron chi connectivity index (χ3n) is 4.80. The molecule has 0 aromatic rings. The van der Waals surface area contributed by atoms with Crippen LogP contribution in [0.15, 0.2) is 0 Å². The quantitative estimate of drug-likeness (QED) is 0.741. The van der Waals surface area contributed by atoms with Crippen LogP contribution in [0.25, 0.3) is 0 Å². The van der Waals surface area contributed by atoms with Crippen molar-refractivity contribution < 1.29 is 14.4 Å². The van der Waals surface area contributed by atoms with Crippen molar-refractivity contribution in [1.82, 2.24) is 15.5 Å². The van der Waals surface area contributed by atoms with Crippen LogP contribution in [0.5, 0.6) is 0 Å². The zero-order chi connectivity index (χ0) is 16.4. The van der Waals surface area contributed by atoms with E-state index < -0.39 is 23.0 Å². The molecule has 1 saturated carbocycles. The van der Waals surface area contributed by atoms with Crippen LogP contribution in [0, 0.1) is 11.3 Å². The number of hydrogen-bond acceptors (Lipinski definition) is 4. The fraction of sp³-hybridized carbons (Fsp3) is 0.733. The van der Waals surface area contributed by atoms with Gasteiger partial charge in [0.15, 0.2) is 0 Å². The van der Waals surface area contributed by atoms with Gasteiger partial charge in [0.1, 0.15) is 17.6 Å². The lowest BCUT2D eigenvalue weighted by atomic mass is 9.93. The number of amides is 4. The van der Waals surface area contributed by atoms with Crippen molar-refractivity contribution in [1.29, 1.82) is 5.26 Å². The molecule has 0 unspecified atom stereocenters. The SMILES string of the molecule is CCC1(CC)NC(=O)N(CC(=O)NC2(C#N)CCCC2)C1=O. The van der Waals surface area contributed by atoms with Crippen LogP contribution in [0.1, 0.15) is 52.4 Å². The van der Waals surface area contributed by atoms with Gasteiger partial charge in [0.25, 0.3) is 5.91 Å². The van der Waals surface area contributed by atoms with Gasteiger partial charge in [-0.25, -0.2) is 4.79 Å². The molecule has 0 atom stereocenters. The molecule has 22 heavy (non-hydrogen) atoms. The second kappa shape index (κ2) is 5.95. The summed E-state index contributed by atoms with van der Waals surface area (Å²) >= 11 is 0. The lowest BCUT2D eigenvalue weighted by Crippen LogP contribution is -2.50. The van der Waals surface area contributed by atoms with Crippen molar-refractivity contribution in [3.63, 3.8) is 0 Å². The van der Waals surface area contributed by atoms with Gasteiger partial charge in [-0.05, 0) is 38.5 Å². The highest BCUT2D eigenvalue weighted by molar-refractivity contribution is 6.09. The van der Waals surface area contributed by atoms with E-state index in [9.17, 15) is 19.6 Å². The van der Waals surface area contributed by atoms with Crippen LogP contribution in [0.3, 0.4) is 0 Å². The summed E-state index contributed by atoms with van der Waals surface area (Å²) in [5.74, 6) is -0.829. The highest BCUT2D eigenvalue weighted by Crippen LogP contribution is 2.29. The van der Waals surface area contributed by atoms with Crippen molar-refractivity contribution >= 4 is 17.8 Å². The van der Waals surface area contributed by atoms with E-state index in [-0.39, 0.29) is 12.5 Å². The van der Waals surface area contributed by atoms with E-state index >= 15 is 0 Å². The number of carbonyl (C=O) groups is 3. The Kier molecular flexibility index (Phi) is 4.40. The molecule has 1 heterocycles. The molecule has 0 aromatic carbocycles. The number of hydrogen-bond donors (Lipinski definition) is 2. The van der Waals surface area contributed by atoms with Gasteiger partial charge < -0.3 is 10.6 Å². The molecule has 1 aliphatic heterocycles. The fourth-order valence-corrected chi connectivity index (χ4v) is 3.24. The topological polar surface area (TPSA) is 102 Å². The fourth-order valence-electron chi connectivity index (χ4n) is 3.24. The molecule has 0 aromatic heterocycles. The molecule has 1 saturated heterocycles. The van der Waals surface area contributed by atoms with Crippen LogP contribution in [0.4, 0.5) is 4.79 Å². The zero-order valence-corrected chi connectivity index (χ0v) is 13.1. The molecule has 4 amide bonds. The molecule has 0 bridgehead atoms. The first-order valence-corrected chi connectivity index (χ1v) is 7.78. The van der Waals surface area contributed by atoms with Gasteiger partial charge in [-0.2, -0.15) is 5.26 Å². The third kappa shape index (κ3) is 2.65. The lowest BCUT2D eigenvalue weighted by molar-refractivity contribution is -0.135. The van der Waals surface area contributed by atoms with Gasteiger partial charge in [-0.3, -0.25) is 14.5 Å². The average molecular weight is 306 g/mol. The van der Waals surface area contributed by atoms with Crippen LogP contribution in [-0.4, -0.2) is 40.4 Å². The molecule has 0 radical (unpaired) electrons. The first kappa shape index (κ1) is 16.3. The molecule has 7 nitrogen and oxygen atoms in total. The monoisotopic (exact) mass is 306 g/mol. The first-order valence-electron chi connectivity index (χ1n) is 7.78. The van der Waals surface area contributed by atoms with Crippen molar-refractivity contribution in [3.05, 3.63) is 0 Å². The van der Waals surface area contributed by atoms with E-state index in [0.29, 0.717) is 25.7 Å². The Morgan fingerprint density at radius 2 is 1.91 bits per heavy atom. The van der Waals surface area contributed by atoms with Crippen molar-refractivity contribution in [2.24, 2.45) is 0 Å². The maximum Gasteiger partial charge on any atom is 0.325 e. The van der Waals surface area contributed by atoms with E-state index in [1.807, 2.05) is 13.8 Å². The molecular formula is C15H22N4O3. The van der Waals surface area contributed by atoms with Gasteiger partial charge in [0, 0.05) is 0 Å². The van der Waals surface area contributed by atoms with Crippen molar-refractivity contribution in [2.45, 2.75) is 63.5 Å². The van der Waals surface area contributed by atoms with Crippen molar-refractivity contribution in [3.8, 4) is 6.07 Å². The smallest absolute Gasteiger partial charge is 0.325 e. The zero-order valence-electron chi connectivity index (χ0n) is 13.1. The van der Waals surface area contributed by atoms with Gasteiger partial charge >= 0.3 is 6.03 Å². The van der Waals surface area contributed by atoms with Crippen LogP contribution >= 0.6 is 0 Å². The number of nitrogens with zero attached hydrogens (tertiary/aromatic N) is 2. The maximum absolute atomic E-state index is 12.4. The summed E-state index contributed by atoms with van der Waals surface area (Å²) in [5.41, 5.74) is -1.75. The van der Waals surface area contributed by atoms with E-state index in [4.69, 9.17) is 0 Å². The van der Waals surface area contributed by atoms with E-state index in [1.54, 1.807) is 0 Å².